The lowest BCUT2D eigenvalue weighted by Crippen LogP contribution is -1.95. The molecule has 0 bridgehead atoms. The van der Waals surface area contributed by atoms with Crippen LogP contribution in [0.25, 0.3) is 126 Å². The van der Waals surface area contributed by atoms with E-state index in [2.05, 4.69) is 210 Å². The number of benzene rings is 11. The Labute approximate surface area is 375 Å². The van der Waals surface area contributed by atoms with Crippen LogP contribution in [0.5, 0.6) is 0 Å². The van der Waals surface area contributed by atoms with Crippen LogP contribution in [-0.2, 0) is 0 Å². The molecule has 11 aromatic carbocycles. The lowest BCUT2D eigenvalue weighted by molar-refractivity contribution is 1.20. The zero-order valence-corrected chi connectivity index (χ0v) is 35.2. The number of hydrogen-bond donors (Lipinski definition) is 0. The van der Waals surface area contributed by atoms with Crippen molar-refractivity contribution >= 4 is 75.7 Å². The minimum Gasteiger partial charge on any atom is -0.309 e. The average Bonchev–Trinajstić information content (AvgIpc) is 3.70. The first-order chi connectivity index (χ1) is 32.2. The minimum absolute atomic E-state index is 0.643. The van der Waals surface area contributed by atoms with Crippen molar-refractivity contribution in [3.05, 3.63) is 230 Å². The number of nitriles is 1. The van der Waals surface area contributed by atoms with Crippen LogP contribution in [0, 0.1) is 11.3 Å². The topological polar surface area (TPSA) is 41.6 Å². The van der Waals surface area contributed by atoms with E-state index in [-0.39, 0.29) is 0 Å². The summed E-state index contributed by atoms with van der Waals surface area (Å²) in [6.45, 7) is 0. The average molecular weight is 824 g/mol. The van der Waals surface area contributed by atoms with Crippen molar-refractivity contribution in [2.24, 2.45) is 0 Å². The molecule has 300 valence electrons. The van der Waals surface area contributed by atoms with Gasteiger partial charge in [-0.15, -0.1) is 0 Å². The van der Waals surface area contributed by atoms with Crippen molar-refractivity contribution in [3.63, 3.8) is 0 Å². The highest BCUT2D eigenvalue weighted by atomic mass is 15.0. The van der Waals surface area contributed by atoms with Gasteiger partial charge in [-0.05, 0) is 142 Å². The summed E-state index contributed by atoms with van der Waals surface area (Å²) in [7, 11) is 0. The fourth-order valence-electron chi connectivity index (χ4n) is 10.5. The molecule has 0 aliphatic carbocycles. The second kappa shape index (κ2) is 14.6. The maximum Gasteiger partial charge on any atom is 0.0991 e. The van der Waals surface area contributed by atoms with E-state index in [0.29, 0.717) is 5.56 Å². The van der Waals surface area contributed by atoms with Crippen LogP contribution in [-0.4, -0.2) is 9.55 Å². The third kappa shape index (κ3) is 5.78. The van der Waals surface area contributed by atoms with Crippen LogP contribution < -0.4 is 0 Å². The first-order valence-corrected chi connectivity index (χ1v) is 22.1. The third-order valence-corrected chi connectivity index (χ3v) is 13.5. The molecule has 3 nitrogen and oxygen atoms in total. The predicted molar refractivity (Wildman–Crippen MR) is 273 cm³/mol. The number of hydrogen-bond acceptors (Lipinski definition) is 2. The lowest BCUT2D eigenvalue weighted by Gasteiger charge is -2.21. The number of aromatic nitrogens is 2. The largest absolute Gasteiger partial charge is 0.309 e. The van der Waals surface area contributed by atoms with Gasteiger partial charge in [0.15, 0.2) is 0 Å². The highest BCUT2D eigenvalue weighted by Crippen LogP contribution is 2.49. The van der Waals surface area contributed by atoms with Gasteiger partial charge >= 0.3 is 0 Å². The smallest absolute Gasteiger partial charge is 0.0991 e. The summed E-state index contributed by atoms with van der Waals surface area (Å²) in [5.41, 5.74) is 13.2. The van der Waals surface area contributed by atoms with Crippen LogP contribution in [0.4, 0.5) is 0 Å². The van der Waals surface area contributed by atoms with Crippen LogP contribution in [0.2, 0.25) is 0 Å². The molecular weight excluding hydrogens is 787 g/mol. The molecule has 13 aromatic rings. The number of pyridine rings is 1. The highest BCUT2D eigenvalue weighted by Gasteiger charge is 2.22. The van der Waals surface area contributed by atoms with Gasteiger partial charge in [-0.1, -0.05) is 158 Å². The summed E-state index contributed by atoms with van der Waals surface area (Å²) in [4.78, 5) is 4.51. The van der Waals surface area contributed by atoms with Gasteiger partial charge in [0.2, 0.25) is 0 Å². The lowest BCUT2D eigenvalue weighted by atomic mass is 9.82. The zero-order valence-electron chi connectivity index (χ0n) is 35.2. The Morgan fingerprint density at radius 1 is 0.354 bits per heavy atom. The molecule has 0 fully saturated rings. The van der Waals surface area contributed by atoms with E-state index in [1.807, 2.05) is 30.6 Å². The zero-order chi connectivity index (χ0) is 43.0. The maximum atomic E-state index is 10.1. The summed E-state index contributed by atoms with van der Waals surface area (Å²) in [5.74, 6) is 0. The molecule has 2 heterocycles. The molecule has 2 aromatic heterocycles. The summed E-state index contributed by atoms with van der Waals surface area (Å²) in [6, 6.07) is 79.4. The molecule has 0 aliphatic heterocycles. The molecule has 0 aliphatic rings. The van der Waals surface area contributed by atoms with Crippen molar-refractivity contribution in [1.29, 1.82) is 5.26 Å². The van der Waals surface area contributed by atoms with Crippen LogP contribution in [0.1, 0.15) is 5.56 Å². The Balaban J connectivity index is 1.13. The van der Waals surface area contributed by atoms with Gasteiger partial charge in [-0.3, -0.25) is 4.98 Å². The van der Waals surface area contributed by atoms with Crippen LogP contribution in [0.3, 0.4) is 0 Å². The molecule has 0 amide bonds. The van der Waals surface area contributed by atoms with Crippen molar-refractivity contribution in [2.45, 2.75) is 0 Å². The van der Waals surface area contributed by atoms with Crippen LogP contribution >= 0.6 is 0 Å². The Bertz CT molecular complexity index is 4120. The van der Waals surface area contributed by atoms with Gasteiger partial charge in [0.25, 0.3) is 0 Å². The van der Waals surface area contributed by atoms with E-state index in [1.165, 1.54) is 76.1 Å². The van der Waals surface area contributed by atoms with Crippen LogP contribution in [0.15, 0.2) is 225 Å². The summed E-state index contributed by atoms with van der Waals surface area (Å²) >= 11 is 0. The molecule has 0 N–H and O–H groups in total. The quantitative estimate of drug-likeness (QED) is 0.162. The minimum atomic E-state index is 0.643. The fourth-order valence-corrected chi connectivity index (χ4v) is 10.5. The standard InChI is InChI=1S/C62H37N3/c63-37-39-24-30-59-54(33-39)55-34-44(27-31-60(55)65(59)58-23-9-16-42-13-3-6-20-49(42)58)43-25-28-52-56(35-43)61(50-21-7-14-40-11-1-4-18-47(40)50)53-29-26-45(46-17-10-32-64-38-46)36-57(53)62(52)51-22-8-15-41-12-2-5-19-48(41)51/h1-36,38H. The van der Waals surface area contributed by atoms with Gasteiger partial charge in [0.1, 0.15) is 0 Å². The van der Waals surface area contributed by atoms with E-state index in [9.17, 15) is 5.26 Å². The Hall–Kier alpha value is -8.84. The van der Waals surface area contributed by atoms with E-state index < -0.39 is 0 Å². The number of fused-ring (bicyclic) bond motifs is 8. The Morgan fingerprint density at radius 3 is 1.45 bits per heavy atom. The SMILES string of the molecule is N#Cc1ccc2c(c1)c1cc(-c3ccc4c(-c5cccc6ccccc56)c5cc(-c6cccnc6)ccc5c(-c5cccc6ccccc56)c4c3)ccc1n2-c1cccc2ccccc12. The van der Waals surface area contributed by atoms with E-state index in [4.69, 9.17) is 0 Å². The second-order valence-corrected chi connectivity index (χ2v) is 17.0. The monoisotopic (exact) mass is 823 g/mol. The molecule has 65 heavy (non-hydrogen) atoms. The molecule has 13 rings (SSSR count). The molecule has 0 unspecified atom stereocenters. The molecule has 0 radical (unpaired) electrons. The van der Waals surface area contributed by atoms with E-state index in [0.717, 1.165) is 49.7 Å². The molecule has 0 saturated carbocycles. The Kier molecular flexibility index (Phi) is 8.28. The number of rotatable bonds is 5. The molecular formula is C62H37N3. The maximum absolute atomic E-state index is 10.1. The first-order valence-electron chi connectivity index (χ1n) is 22.1. The van der Waals surface area contributed by atoms with Gasteiger partial charge in [0, 0.05) is 34.1 Å². The Morgan fingerprint density at radius 2 is 0.846 bits per heavy atom. The van der Waals surface area contributed by atoms with Gasteiger partial charge in [-0.25, -0.2) is 0 Å². The van der Waals surface area contributed by atoms with Gasteiger partial charge in [-0.2, -0.15) is 5.26 Å². The summed E-state index contributed by atoms with van der Waals surface area (Å²) < 4.78 is 2.36. The third-order valence-electron chi connectivity index (χ3n) is 13.5. The van der Waals surface area contributed by atoms with Gasteiger partial charge in [0.05, 0.1) is 28.4 Å². The van der Waals surface area contributed by atoms with Crippen molar-refractivity contribution < 1.29 is 0 Å². The summed E-state index contributed by atoms with van der Waals surface area (Å²) in [5, 5.41) is 24.3. The van der Waals surface area contributed by atoms with Crippen molar-refractivity contribution in [1.82, 2.24) is 9.55 Å². The summed E-state index contributed by atoms with van der Waals surface area (Å²) in [6.07, 6.45) is 3.79. The second-order valence-electron chi connectivity index (χ2n) is 17.0. The fraction of sp³-hybridized carbons (Fsp3) is 0. The molecule has 0 spiro atoms. The predicted octanol–water partition coefficient (Wildman–Crippen LogP) is 16.5. The van der Waals surface area contributed by atoms with Crippen molar-refractivity contribution in [2.75, 3.05) is 0 Å². The number of nitrogens with zero attached hydrogens (tertiary/aromatic N) is 3. The highest BCUT2D eigenvalue weighted by molar-refractivity contribution is 6.26. The van der Waals surface area contributed by atoms with Gasteiger partial charge < -0.3 is 4.57 Å². The van der Waals surface area contributed by atoms with E-state index in [1.54, 1.807) is 0 Å². The molecule has 0 atom stereocenters. The van der Waals surface area contributed by atoms with Crippen molar-refractivity contribution in [3.8, 4) is 56.3 Å². The molecule has 3 heteroatoms. The van der Waals surface area contributed by atoms with E-state index >= 15 is 0 Å². The molecule has 0 saturated heterocycles. The first kappa shape index (κ1) is 36.8. The normalized spacial score (nSPS) is 11.7.